The van der Waals surface area contributed by atoms with Gasteiger partial charge in [0.05, 0.1) is 11.3 Å². The standard InChI is InChI=1S/C20H28O2/c1-8-10-11-12-15(5)16(9-2)20(18(21)22)17(13-14(3)4)19(20,6)7/h2,8,12-13,16-17H,1,10-11H2,3-7H3,(H,21,22). The van der Waals surface area contributed by atoms with Gasteiger partial charge in [0.2, 0.25) is 0 Å². The molecule has 1 aliphatic rings. The summed E-state index contributed by atoms with van der Waals surface area (Å²) < 4.78 is 0. The first-order valence-corrected chi connectivity index (χ1v) is 7.80. The predicted octanol–water partition coefficient (Wildman–Crippen LogP) is 4.84. The van der Waals surface area contributed by atoms with Crippen LogP contribution in [0.2, 0.25) is 0 Å². The second-order valence-electron chi connectivity index (χ2n) is 7.03. The van der Waals surface area contributed by atoms with Crippen LogP contribution in [0.15, 0.2) is 36.0 Å². The molecule has 0 radical (unpaired) electrons. The van der Waals surface area contributed by atoms with Gasteiger partial charge in [0, 0.05) is 5.92 Å². The van der Waals surface area contributed by atoms with E-state index in [-0.39, 0.29) is 17.3 Å². The predicted molar refractivity (Wildman–Crippen MR) is 92.3 cm³/mol. The van der Waals surface area contributed by atoms with Gasteiger partial charge in [0.1, 0.15) is 0 Å². The molecule has 2 nitrogen and oxygen atoms in total. The topological polar surface area (TPSA) is 37.3 Å². The minimum Gasteiger partial charge on any atom is -0.481 e. The molecular formula is C20H28O2. The van der Waals surface area contributed by atoms with Gasteiger partial charge in [-0.3, -0.25) is 4.79 Å². The van der Waals surface area contributed by atoms with E-state index in [4.69, 9.17) is 6.42 Å². The summed E-state index contributed by atoms with van der Waals surface area (Å²) in [5.74, 6) is 1.56. The molecule has 0 aromatic heterocycles. The molecule has 0 spiro atoms. The number of terminal acetylenes is 1. The summed E-state index contributed by atoms with van der Waals surface area (Å²) in [6.07, 6.45) is 13.5. The zero-order valence-electron chi connectivity index (χ0n) is 14.4. The SMILES string of the molecule is C#CC(C(C)=CCCC=C)C1(C(=O)O)C(C=C(C)C)C1(C)C. The highest BCUT2D eigenvalue weighted by Crippen LogP contribution is 2.74. The van der Waals surface area contributed by atoms with Crippen molar-refractivity contribution in [2.75, 3.05) is 0 Å². The number of hydrogen-bond acceptors (Lipinski definition) is 1. The Morgan fingerprint density at radius 1 is 1.36 bits per heavy atom. The summed E-state index contributed by atoms with van der Waals surface area (Å²) in [5, 5.41) is 9.98. The Balaban J connectivity index is 3.28. The monoisotopic (exact) mass is 300 g/mol. The Morgan fingerprint density at radius 3 is 2.36 bits per heavy atom. The van der Waals surface area contributed by atoms with Gasteiger partial charge in [0.15, 0.2) is 0 Å². The molecule has 0 bridgehead atoms. The van der Waals surface area contributed by atoms with Crippen LogP contribution < -0.4 is 0 Å². The lowest BCUT2D eigenvalue weighted by Gasteiger charge is -2.24. The van der Waals surface area contributed by atoms with Gasteiger partial charge in [-0.1, -0.05) is 49.1 Å². The first kappa shape index (κ1) is 18.3. The third-order valence-electron chi connectivity index (χ3n) is 5.02. The maximum Gasteiger partial charge on any atom is 0.312 e. The summed E-state index contributed by atoms with van der Waals surface area (Å²) in [6.45, 7) is 13.7. The Morgan fingerprint density at radius 2 is 1.95 bits per heavy atom. The third-order valence-corrected chi connectivity index (χ3v) is 5.02. The van der Waals surface area contributed by atoms with Gasteiger partial charge in [-0.25, -0.2) is 0 Å². The molecule has 3 unspecified atom stereocenters. The summed E-state index contributed by atoms with van der Waals surface area (Å²) in [6, 6.07) is 0. The number of allylic oxidation sites excluding steroid dienone is 5. The van der Waals surface area contributed by atoms with E-state index in [2.05, 4.69) is 24.7 Å². The lowest BCUT2D eigenvalue weighted by molar-refractivity contribution is -0.146. The Bertz CT molecular complexity index is 553. The molecule has 0 heterocycles. The second kappa shape index (κ2) is 6.57. The fraction of sp³-hybridized carbons (Fsp3) is 0.550. The molecule has 0 saturated heterocycles. The third kappa shape index (κ3) is 2.77. The van der Waals surface area contributed by atoms with Gasteiger partial charge in [-0.15, -0.1) is 13.0 Å². The van der Waals surface area contributed by atoms with Crippen LogP contribution in [-0.2, 0) is 4.79 Å². The summed E-state index contributed by atoms with van der Waals surface area (Å²) >= 11 is 0. The first-order chi connectivity index (χ1) is 10.2. The smallest absolute Gasteiger partial charge is 0.312 e. The van der Waals surface area contributed by atoms with E-state index in [1.54, 1.807) is 0 Å². The van der Waals surface area contributed by atoms with Crippen molar-refractivity contribution in [1.82, 2.24) is 0 Å². The highest BCUT2D eigenvalue weighted by Gasteiger charge is 2.77. The van der Waals surface area contributed by atoms with Crippen LogP contribution in [0, 0.1) is 35.0 Å². The van der Waals surface area contributed by atoms with Crippen LogP contribution in [0.25, 0.3) is 0 Å². The fourth-order valence-corrected chi connectivity index (χ4v) is 3.76. The molecule has 0 aliphatic heterocycles. The van der Waals surface area contributed by atoms with Crippen LogP contribution in [-0.4, -0.2) is 11.1 Å². The van der Waals surface area contributed by atoms with Crippen molar-refractivity contribution >= 4 is 5.97 Å². The Hall–Kier alpha value is -1.75. The number of rotatable bonds is 7. The average Bonchev–Trinajstić information content (AvgIpc) is 2.88. The molecule has 1 saturated carbocycles. The Kier molecular flexibility index (Phi) is 5.46. The molecule has 0 aromatic carbocycles. The zero-order valence-corrected chi connectivity index (χ0v) is 14.4. The van der Waals surface area contributed by atoms with Crippen molar-refractivity contribution in [3.05, 3.63) is 36.0 Å². The minimum absolute atomic E-state index is 0.0358. The molecule has 22 heavy (non-hydrogen) atoms. The molecule has 3 atom stereocenters. The maximum absolute atomic E-state index is 12.2. The van der Waals surface area contributed by atoms with E-state index < -0.39 is 11.4 Å². The fourth-order valence-electron chi connectivity index (χ4n) is 3.76. The summed E-state index contributed by atoms with van der Waals surface area (Å²) in [5.41, 5.74) is 0.851. The van der Waals surface area contributed by atoms with E-state index in [1.807, 2.05) is 40.7 Å². The van der Waals surface area contributed by atoms with E-state index in [0.717, 1.165) is 24.0 Å². The molecule has 2 heteroatoms. The summed E-state index contributed by atoms with van der Waals surface area (Å²) in [7, 11) is 0. The normalized spacial score (nSPS) is 27.5. The maximum atomic E-state index is 12.2. The quantitative estimate of drug-likeness (QED) is 0.415. The van der Waals surface area contributed by atoms with Crippen LogP contribution >= 0.6 is 0 Å². The van der Waals surface area contributed by atoms with Gasteiger partial charge in [-0.2, -0.15) is 0 Å². The van der Waals surface area contributed by atoms with E-state index in [9.17, 15) is 9.90 Å². The van der Waals surface area contributed by atoms with Gasteiger partial charge < -0.3 is 5.11 Å². The Labute approximate surface area is 135 Å². The molecule has 0 amide bonds. The average molecular weight is 300 g/mol. The number of carboxylic acid groups (broad SMARTS) is 1. The molecule has 1 fully saturated rings. The van der Waals surface area contributed by atoms with Crippen molar-refractivity contribution in [3.8, 4) is 12.3 Å². The minimum atomic E-state index is -0.909. The first-order valence-electron chi connectivity index (χ1n) is 7.80. The number of carboxylic acids is 1. The van der Waals surface area contributed by atoms with Crippen molar-refractivity contribution in [3.63, 3.8) is 0 Å². The van der Waals surface area contributed by atoms with Crippen molar-refractivity contribution < 1.29 is 9.90 Å². The molecule has 1 rings (SSSR count). The number of unbranched alkanes of at least 4 members (excludes halogenated alkanes) is 1. The van der Waals surface area contributed by atoms with Gasteiger partial charge in [-0.05, 0) is 39.0 Å². The molecular weight excluding hydrogens is 272 g/mol. The van der Waals surface area contributed by atoms with Crippen LogP contribution in [0.1, 0.15) is 47.5 Å². The molecule has 0 aromatic rings. The molecule has 1 N–H and O–H groups in total. The number of aliphatic carboxylic acids is 1. The van der Waals surface area contributed by atoms with Crippen LogP contribution in [0.5, 0.6) is 0 Å². The van der Waals surface area contributed by atoms with E-state index in [0.29, 0.717) is 0 Å². The van der Waals surface area contributed by atoms with Crippen LogP contribution in [0.4, 0.5) is 0 Å². The second-order valence-corrected chi connectivity index (χ2v) is 7.03. The van der Waals surface area contributed by atoms with Crippen molar-refractivity contribution in [2.45, 2.75) is 47.5 Å². The highest BCUT2D eigenvalue weighted by molar-refractivity contribution is 5.83. The highest BCUT2D eigenvalue weighted by atomic mass is 16.4. The molecule has 120 valence electrons. The van der Waals surface area contributed by atoms with Crippen molar-refractivity contribution in [1.29, 1.82) is 0 Å². The molecule has 1 aliphatic carbocycles. The largest absolute Gasteiger partial charge is 0.481 e. The van der Waals surface area contributed by atoms with Crippen LogP contribution in [0.3, 0.4) is 0 Å². The number of hydrogen-bond donors (Lipinski definition) is 1. The zero-order chi connectivity index (χ0) is 17.1. The lowest BCUT2D eigenvalue weighted by atomic mass is 9.78. The van der Waals surface area contributed by atoms with Gasteiger partial charge in [0.25, 0.3) is 0 Å². The lowest BCUT2D eigenvalue weighted by Crippen LogP contribution is -2.31. The van der Waals surface area contributed by atoms with Crippen molar-refractivity contribution in [2.24, 2.45) is 22.7 Å². The van der Waals surface area contributed by atoms with Gasteiger partial charge >= 0.3 is 5.97 Å². The van der Waals surface area contributed by atoms with E-state index in [1.165, 1.54) is 0 Å². The summed E-state index contributed by atoms with van der Waals surface area (Å²) in [4.78, 5) is 12.2. The number of carbonyl (C=O) groups is 1. The van der Waals surface area contributed by atoms with E-state index >= 15 is 0 Å².